The Labute approximate surface area is 186 Å². The summed E-state index contributed by atoms with van der Waals surface area (Å²) in [6, 6.07) is 8.34. The molecule has 0 saturated carbocycles. The zero-order chi connectivity index (χ0) is 21.7. The molecule has 1 aliphatic rings. The predicted molar refractivity (Wildman–Crippen MR) is 118 cm³/mol. The largest absolute Gasteiger partial charge is 0.352 e. The van der Waals surface area contributed by atoms with E-state index in [-0.39, 0.29) is 11.8 Å². The van der Waals surface area contributed by atoms with Crippen molar-refractivity contribution in [2.75, 3.05) is 37.6 Å². The molecule has 30 heavy (non-hydrogen) atoms. The lowest BCUT2D eigenvalue weighted by Gasteiger charge is -2.35. The van der Waals surface area contributed by atoms with E-state index in [4.69, 9.17) is 23.2 Å². The summed E-state index contributed by atoms with van der Waals surface area (Å²) in [4.78, 5) is 28.7. The zero-order valence-corrected chi connectivity index (χ0v) is 18.6. The molecule has 3 rings (SSSR count). The van der Waals surface area contributed by atoms with Crippen molar-refractivity contribution in [3.05, 3.63) is 51.6 Å². The number of hydrogen-bond acceptors (Lipinski definition) is 5. The number of nitrogens with zero attached hydrogens (tertiary/aromatic N) is 4. The average molecular weight is 450 g/mol. The minimum Gasteiger partial charge on any atom is -0.352 e. The predicted octanol–water partition coefficient (Wildman–Crippen LogP) is 3.52. The van der Waals surface area contributed by atoms with E-state index >= 15 is 0 Å². The molecule has 9 heteroatoms. The first-order valence-electron chi connectivity index (χ1n) is 9.96. The summed E-state index contributed by atoms with van der Waals surface area (Å²) in [5.74, 6) is 0.853. The van der Waals surface area contributed by atoms with Gasteiger partial charge >= 0.3 is 0 Å². The lowest BCUT2D eigenvalue weighted by molar-refractivity contribution is 0.0746. The van der Waals surface area contributed by atoms with Gasteiger partial charge in [0.2, 0.25) is 0 Å². The van der Waals surface area contributed by atoms with Gasteiger partial charge in [-0.25, -0.2) is 0 Å². The Morgan fingerprint density at radius 2 is 1.80 bits per heavy atom. The van der Waals surface area contributed by atoms with E-state index < -0.39 is 0 Å². The van der Waals surface area contributed by atoms with Gasteiger partial charge in [-0.3, -0.25) is 9.59 Å². The molecular weight excluding hydrogens is 425 g/mol. The van der Waals surface area contributed by atoms with E-state index in [9.17, 15) is 9.59 Å². The number of amides is 2. The number of nitrogens with one attached hydrogen (secondary N) is 1. The second-order valence-corrected chi connectivity index (χ2v) is 8.46. The number of piperazine rings is 1. The van der Waals surface area contributed by atoms with Crippen LogP contribution in [0.1, 0.15) is 41.1 Å². The van der Waals surface area contributed by atoms with E-state index in [1.54, 1.807) is 35.2 Å². The standard InChI is InChI=1S/C21H25Cl2N5O2/c1-14(2)7-8-24-20(29)18-5-6-19(26-25-18)27-9-11-28(12-10-27)21(30)16-13-15(22)3-4-17(16)23/h3-6,13-14H,7-12H2,1-2H3,(H,24,29). The molecule has 0 unspecified atom stereocenters. The number of carbonyl (C=O) groups is 2. The summed E-state index contributed by atoms with van der Waals surface area (Å²) in [6.45, 7) is 7.11. The molecule has 0 radical (unpaired) electrons. The number of carbonyl (C=O) groups excluding carboxylic acids is 2. The summed E-state index contributed by atoms with van der Waals surface area (Å²) in [5, 5.41) is 12.0. The molecule has 7 nitrogen and oxygen atoms in total. The van der Waals surface area contributed by atoms with Crippen molar-refractivity contribution in [1.29, 1.82) is 0 Å². The smallest absolute Gasteiger partial charge is 0.271 e. The molecule has 2 heterocycles. The average Bonchev–Trinajstić information content (AvgIpc) is 2.75. The quantitative estimate of drug-likeness (QED) is 0.729. The fourth-order valence-corrected chi connectivity index (χ4v) is 3.52. The lowest BCUT2D eigenvalue weighted by Crippen LogP contribution is -2.49. The van der Waals surface area contributed by atoms with Crippen LogP contribution < -0.4 is 10.2 Å². The van der Waals surface area contributed by atoms with Crippen LogP contribution in [-0.2, 0) is 0 Å². The topological polar surface area (TPSA) is 78.4 Å². The van der Waals surface area contributed by atoms with E-state index in [0.29, 0.717) is 65.8 Å². The van der Waals surface area contributed by atoms with Crippen molar-refractivity contribution >= 4 is 40.8 Å². The maximum absolute atomic E-state index is 12.8. The van der Waals surface area contributed by atoms with Crippen molar-refractivity contribution in [1.82, 2.24) is 20.4 Å². The van der Waals surface area contributed by atoms with Crippen LogP contribution in [0.4, 0.5) is 5.82 Å². The van der Waals surface area contributed by atoms with Crippen molar-refractivity contribution in [2.24, 2.45) is 5.92 Å². The van der Waals surface area contributed by atoms with Gasteiger partial charge in [0.05, 0.1) is 10.6 Å². The maximum atomic E-state index is 12.8. The lowest BCUT2D eigenvalue weighted by atomic mass is 10.1. The van der Waals surface area contributed by atoms with E-state index in [0.717, 1.165) is 6.42 Å². The second kappa shape index (κ2) is 10.1. The van der Waals surface area contributed by atoms with Gasteiger partial charge in [-0.15, -0.1) is 10.2 Å². The SMILES string of the molecule is CC(C)CCNC(=O)c1ccc(N2CCN(C(=O)c3cc(Cl)ccc3Cl)CC2)nn1. The Morgan fingerprint density at radius 3 is 2.43 bits per heavy atom. The normalized spacial score (nSPS) is 14.2. The monoisotopic (exact) mass is 449 g/mol. The maximum Gasteiger partial charge on any atom is 0.271 e. The van der Waals surface area contributed by atoms with Gasteiger partial charge < -0.3 is 15.1 Å². The molecule has 2 amide bonds. The van der Waals surface area contributed by atoms with E-state index in [2.05, 4.69) is 29.4 Å². The number of rotatable bonds is 6. The third-order valence-electron chi connectivity index (χ3n) is 4.94. The molecule has 0 bridgehead atoms. The summed E-state index contributed by atoms with van der Waals surface area (Å²) < 4.78 is 0. The highest BCUT2D eigenvalue weighted by Crippen LogP contribution is 2.23. The van der Waals surface area contributed by atoms with Crippen LogP contribution in [0, 0.1) is 5.92 Å². The van der Waals surface area contributed by atoms with Gasteiger partial charge in [-0.2, -0.15) is 0 Å². The Hall–Kier alpha value is -2.38. The molecule has 1 N–H and O–H groups in total. The number of halogens is 2. The molecule has 1 aliphatic heterocycles. The molecule has 160 valence electrons. The Morgan fingerprint density at radius 1 is 1.07 bits per heavy atom. The van der Waals surface area contributed by atoms with Crippen LogP contribution in [0.3, 0.4) is 0 Å². The van der Waals surface area contributed by atoms with Gasteiger partial charge in [0, 0.05) is 37.7 Å². The van der Waals surface area contributed by atoms with Crippen molar-refractivity contribution in [2.45, 2.75) is 20.3 Å². The molecule has 1 aromatic carbocycles. The Balaban J connectivity index is 1.55. The van der Waals surface area contributed by atoms with Crippen LogP contribution in [0.2, 0.25) is 10.0 Å². The van der Waals surface area contributed by atoms with Crippen LogP contribution in [0.15, 0.2) is 30.3 Å². The highest BCUT2D eigenvalue weighted by molar-refractivity contribution is 6.35. The molecule has 0 spiro atoms. The van der Waals surface area contributed by atoms with E-state index in [1.807, 2.05) is 4.90 Å². The van der Waals surface area contributed by atoms with Gasteiger partial charge in [-0.1, -0.05) is 37.0 Å². The fraction of sp³-hybridized carbons (Fsp3) is 0.429. The molecule has 2 aromatic rings. The van der Waals surface area contributed by atoms with Crippen LogP contribution >= 0.6 is 23.2 Å². The first-order chi connectivity index (χ1) is 14.3. The Bertz CT molecular complexity index is 897. The minimum atomic E-state index is -0.219. The summed E-state index contributed by atoms with van der Waals surface area (Å²) in [5.41, 5.74) is 0.706. The molecule has 1 saturated heterocycles. The van der Waals surface area contributed by atoms with Crippen molar-refractivity contribution in [3.8, 4) is 0 Å². The second-order valence-electron chi connectivity index (χ2n) is 7.62. The third kappa shape index (κ3) is 5.61. The van der Waals surface area contributed by atoms with Crippen molar-refractivity contribution in [3.63, 3.8) is 0 Å². The van der Waals surface area contributed by atoms with Crippen molar-refractivity contribution < 1.29 is 9.59 Å². The number of benzene rings is 1. The highest BCUT2D eigenvalue weighted by atomic mass is 35.5. The molecule has 0 aliphatic carbocycles. The molecule has 0 atom stereocenters. The van der Waals surface area contributed by atoms with Crippen LogP contribution in [0.25, 0.3) is 0 Å². The first kappa shape index (κ1) is 22.3. The van der Waals surface area contributed by atoms with E-state index in [1.165, 1.54) is 0 Å². The highest BCUT2D eigenvalue weighted by Gasteiger charge is 2.24. The minimum absolute atomic E-state index is 0.137. The molecular formula is C21H25Cl2N5O2. The Kier molecular flexibility index (Phi) is 7.50. The molecule has 1 fully saturated rings. The molecule has 1 aromatic heterocycles. The van der Waals surface area contributed by atoms with Gasteiger partial charge in [0.25, 0.3) is 11.8 Å². The van der Waals surface area contributed by atoms with Crippen LogP contribution in [-0.4, -0.2) is 59.6 Å². The summed E-state index contributed by atoms with van der Waals surface area (Å²) in [6.07, 6.45) is 0.917. The number of hydrogen-bond donors (Lipinski definition) is 1. The number of aromatic nitrogens is 2. The summed E-state index contributed by atoms with van der Waals surface area (Å²) >= 11 is 12.2. The zero-order valence-electron chi connectivity index (χ0n) is 17.1. The number of anilines is 1. The van der Waals surface area contributed by atoms with Gasteiger partial charge in [0.15, 0.2) is 11.5 Å². The fourth-order valence-electron chi connectivity index (χ4n) is 3.15. The summed E-state index contributed by atoms with van der Waals surface area (Å²) in [7, 11) is 0. The van der Waals surface area contributed by atoms with Gasteiger partial charge in [-0.05, 0) is 42.7 Å². The van der Waals surface area contributed by atoms with Gasteiger partial charge in [0.1, 0.15) is 0 Å². The third-order valence-corrected chi connectivity index (χ3v) is 5.50. The first-order valence-corrected chi connectivity index (χ1v) is 10.7. The van der Waals surface area contributed by atoms with Crippen LogP contribution in [0.5, 0.6) is 0 Å².